The molecule has 0 aliphatic heterocycles. The number of carbonyl (C=O) groups excluding carboxylic acids is 1. The predicted octanol–water partition coefficient (Wildman–Crippen LogP) is 3.48. The minimum absolute atomic E-state index is 0.377. The molecule has 0 unspecified atom stereocenters. The Morgan fingerprint density at radius 3 is 2.83 bits per heavy atom. The second-order valence-electron chi connectivity index (χ2n) is 3.57. The lowest BCUT2D eigenvalue weighted by atomic mass is 10.1. The summed E-state index contributed by atoms with van der Waals surface area (Å²) in [4.78, 5) is 15.9. The molecule has 0 bridgehead atoms. The van der Waals surface area contributed by atoms with Gasteiger partial charge in [0.15, 0.2) is 0 Å². The van der Waals surface area contributed by atoms with Gasteiger partial charge in [0, 0.05) is 28.1 Å². The first-order chi connectivity index (χ1) is 8.58. The SMILES string of the molecule is CNc1c(C(=O)OC)cnc2c(Br)cc(Cl)cc12. The van der Waals surface area contributed by atoms with E-state index in [0.717, 1.165) is 15.4 Å². The highest BCUT2D eigenvalue weighted by Crippen LogP contribution is 2.33. The fourth-order valence-electron chi connectivity index (χ4n) is 1.76. The molecule has 18 heavy (non-hydrogen) atoms. The van der Waals surface area contributed by atoms with Gasteiger partial charge in [0.2, 0.25) is 0 Å². The van der Waals surface area contributed by atoms with Crippen LogP contribution in [0.3, 0.4) is 0 Å². The molecule has 0 atom stereocenters. The molecule has 0 aliphatic carbocycles. The molecule has 1 heterocycles. The number of anilines is 1. The van der Waals surface area contributed by atoms with Gasteiger partial charge in [0.25, 0.3) is 0 Å². The quantitative estimate of drug-likeness (QED) is 0.857. The summed E-state index contributed by atoms with van der Waals surface area (Å²) < 4.78 is 5.50. The number of methoxy groups -OCH3 is 1. The lowest BCUT2D eigenvalue weighted by molar-refractivity contribution is 0.0601. The normalized spacial score (nSPS) is 10.4. The molecule has 4 nitrogen and oxygen atoms in total. The van der Waals surface area contributed by atoms with E-state index in [4.69, 9.17) is 16.3 Å². The fraction of sp³-hybridized carbons (Fsp3) is 0.167. The summed E-state index contributed by atoms with van der Waals surface area (Å²) in [5.74, 6) is -0.440. The van der Waals surface area contributed by atoms with Gasteiger partial charge < -0.3 is 10.1 Å². The number of halogens is 2. The Kier molecular flexibility index (Phi) is 3.73. The van der Waals surface area contributed by atoms with E-state index in [2.05, 4.69) is 26.2 Å². The van der Waals surface area contributed by atoms with Crippen LogP contribution in [-0.4, -0.2) is 25.1 Å². The van der Waals surface area contributed by atoms with Gasteiger partial charge in [-0.15, -0.1) is 0 Å². The lowest BCUT2D eigenvalue weighted by Crippen LogP contribution is -2.07. The van der Waals surface area contributed by atoms with Gasteiger partial charge in [0.05, 0.1) is 18.3 Å². The number of hydrogen-bond donors (Lipinski definition) is 1. The minimum atomic E-state index is -0.440. The molecule has 0 amide bonds. The van der Waals surface area contributed by atoms with Crippen LogP contribution >= 0.6 is 27.5 Å². The van der Waals surface area contributed by atoms with Crippen LogP contribution in [0.4, 0.5) is 5.69 Å². The summed E-state index contributed by atoms with van der Waals surface area (Å²) in [5, 5.41) is 4.32. The van der Waals surface area contributed by atoms with Crippen molar-refractivity contribution in [3.63, 3.8) is 0 Å². The zero-order chi connectivity index (χ0) is 13.3. The molecule has 1 aromatic heterocycles. The molecule has 1 N–H and O–H groups in total. The maximum absolute atomic E-state index is 11.7. The van der Waals surface area contributed by atoms with E-state index in [1.807, 2.05) is 0 Å². The number of fused-ring (bicyclic) bond motifs is 1. The zero-order valence-corrected chi connectivity index (χ0v) is 12.1. The highest BCUT2D eigenvalue weighted by atomic mass is 79.9. The molecule has 0 saturated carbocycles. The summed E-state index contributed by atoms with van der Waals surface area (Å²) in [6, 6.07) is 3.51. The van der Waals surface area contributed by atoms with Crippen molar-refractivity contribution in [1.82, 2.24) is 4.98 Å². The average molecular weight is 330 g/mol. The minimum Gasteiger partial charge on any atom is -0.465 e. The molecule has 0 spiro atoms. The van der Waals surface area contributed by atoms with E-state index in [0.29, 0.717) is 16.3 Å². The molecular formula is C12H10BrClN2O2. The second kappa shape index (κ2) is 5.12. The molecule has 0 fully saturated rings. The zero-order valence-electron chi connectivity index (χ0n) is 9.75. The van der Waals surface area contributed by atoms with Gasteiger partial charge in [-0.05, 0) is 28.1 Å². The number of carbonyl (C=O) groups is 1. The Labute approximate surface area is 117 Å². The summed E-state index contributed by atoms with van der Waals surface area (Å²) in [6.45, 7) is 0. The number of ether oxygens (including phenoxy) is 1. The maximum Gasteiger partial charge on any atom is 0.341 e. The van der Waals surface area contributed by atoms with Crippen LogP contribution in [0, 0.1) is 0 Å². The fourth-order valence-corrected chi connectivity index (χ4v) is 2.67. The van der Waals surface area contributed by atoms with Crippen LogP contribution < -0.4 is 5.32 Å². The van der Waals surface area contributed by atoms with Crippen molar-refractivity contribution in [3.8, 4) is 0 Å². The third-order valence-corrected chi connectivity index (χ3v) is 3.37. The van der Waals surface area contributed by atoms with E-state index in [9.17, 15) is 4.79 Å². The first-order valence-electron chi connectivity index (χ1n) is 5.12. The van der Waals surface area contributed by atoms with Crippen LogP contribution in [0.1, 0.15) is 10.4 Å². The Balaban J connectivity index is 2.82. The molecule has 94 valence electrons. The van der Waals surface area contributed by atoms with Gasteiger partial charge in [0.1, 0.15) is 5.56 Å². The van der Waals surface area contributed by atoms with E-state index < -0.39 is 5.97 Å². The summed E-state index contributed by atoms with van der Waals surface area (Å²) >= 11 is 9.42. The Morgan fingerprint density at radius 1 is 1.50 bits per heavy atom. The average Bonchev–Trinajstić information content (AvgIpc) is 2.36. The second-order valence-corrected chi connectivity index (χ2v) is 4.86. The van der Waals surface area contributed by atoms with Crippen molar-refractivity contribution in [1.29, 1.82) is 0 Å². The number of aromatic nitrogens is 1. The molecule has 0 saturated heterocycles. The van der Waals surface area contributed by atoms with Crippen molar-refractivity contribution in [2.24, 2.45) is 0 Å². The van der Waals surface area contributed by atoms with Crippen LogP contribution in [0.15, 0.2) is 22.8 Å². The van der Waals surface area contributed by atoms with E-state index in [1.165, 1.54) is 13.3 Å². The van der Waals surface area contributed by atoms with Crippen molar-refractivity contribution >= 4 is 50.1 Å². The van der Waals surface area contributed by atoms with Crippen molar-refractivity contribution < 1.29 is 9.53 Å². The van der Waals surface area contributed by atoms with Crippen LogP contribution in [-0.2, 0) is 4.74 Å². The van der Waals surface area contributed by atoms with E-state index >= 15 is 0 Å². The number of hydrogen-bond acceptors (Lipinski definition) is 4. The number of nitrogens with zero attached hydrogens (tertiary/aromatic N) is 1. The Morgan fingerprint density at radius 2 is 2.22 bits per heavy atom. The largest absolute Gasteiger partial charge is 0.465 e. The molecule has 2 aromatic rings. The molecule has 6 heteroatoms. The van der Waals surface area contributed by atoms with Gasteiger partial charge in [-0.2, -0.15) is 0 Å². The molecule has 0 aliphatic rings. The van der Waals surface area contributed by atoms with Crippen LogP contribution in [0.2, 0.25) is 5.02 Å². The summed E-state index contributed by atoms with van der Waals surface area (Å²) in [6.07, 6.45) is 1.48. The van der Waals surface area contributed by atoms with Crippen molar-refractivity contribution in [2.45, 2.75) is 0 Å². The maximum atomic E-state index is 11.7. The summed E-state index contributed by atoms with van der Waals surface area (Å²) in [7, 11) is 3.07. The lowest BCUT2D eigenvalue weighted by Gasteiger charge is -2.11. The molecule has 1 aromatic carbocycles. The number of pyridine rings is 1. The standard InChI is InChI=1S/C12H10BrClN2O2/c1-15-10-7-3-6(14)4-9(13)11(7)16-5-8(10)12(17)18-2/h3-5H,1-2H3,(H,15,16). The third kappa shape index (κ3) is 2.15. The molecule has 2 rings (SSSR count). The summed E-state index contributed by atoms with van der Waals surface area (Å²) in [5.41, 5.74) is 1.76. The number of nitrogens with one attached hydrogen (secondary N) is 1. The predicted molar refractivity (Wildman–Crippen MR) is 75.3 cm³/mol. The first-order valence-corrected chi connectivity index (χ1v) is 6.29. The molecular weight excluding hydrogens is 320 g/mol. The van der Waals surface area contributed by atoms with Gasteiger partial charge in [-0.3, -0.25) is 4.98 Å². The highest BCUT2D eigenvalue weighted by molar-refractivity contribution is 9.10. The molecule has 0 radical (unpaired) electrons. The number of esters is 1. The van der Waals surface area contributed by atoms with Gasteiger partial charge in [-0.25, -0.2) is 4.79 Å². The van der Waals surface area contributed by atoms with Gasteiger partial charge in [-0.1, -0.05) is 11.6 Å². The Hall–Kier alpha value is -1.33. The van der Waals surface area contributed by atoms with Crippen molar-refractivity contribution in [2.75, 3.05) is 19.5 Å². The van der Waals surface area contributed by atoms with Crippen molar-refractivity contribution in [3.05, 3.63) is 33.4 Å². The number of benzene rings is 1. The smallest absolute Gasteiger partial charge is 0.341 e. The van der Waals surface area contributed by atoms with Crippen LogP contribution in [0.25, 0.3) is 10.9 Å². The monoisotopic (exact) mass is 328 g/mol. The first kappa shape index (κ1) is 13.1. The van der Waals surface area contributed by atoms with E-state index in [1.54, 1.807) is 19.2 Å². The third-order valence-electron chi connectivity index (χ3n) is 2.54. The highest BCUT2D eigenvalue weighted by Gasteiger charge is 2.16. The van der Waals surface area contributed by atoms with E-state index in [-0.39, 0.29) is 0 Å². The Bertz CT molecular complexity index is 631. The van der Waals surface area contributed by atoms with Crippen LogP contribution in [0.5, 0.6) is 0 Å². The topological polar surface area (TPSA) is 51.2 Å². The number of rotatable bonds is 2. The van der Waals surface area contributed by atoms with Gasteiger partial charge >= 0.3 is 5.97 Å².